The number of amides is 1. The van der Waals surface area contributed by atoms with Crippen molar-refractivity contribution in [3.8, 4) is 0 Å². The van der Waals surface area contributed by atoms with Crippen LogP contribution in [0.1, 0.15) is 38.5 Å². The summed E-state index contributed by atoms with van der Waals surface area (Å²) in [5.74, 6) is 1.34. The highest BCUT2D eigenvalue weighted by atomic mass is 80.0. The minimum Gasteiger partial charge on any atom is -0.348 e. The fraction of sp³-hybridized carbons (Fsp3) is 0.917. The summed E-state index contributed by atoms with van der Waals surface area (Å²) < 4.78 is -0.863. The first-order valence-electron chi connectivity index (χ1n) is 6.38. The lowest BCUT2D eigenvalue weighted by Crippen LogP contribution is -2.68. The largest absolute Gasteiger partial charge is 0.348 e. The number of nitrogens with one attached hydrogen (secondary N) is 1. The van der Waals surface area contributed by atoms with Crippen LogP contribution in [0.5, 0.6) is 0 Å². The Labute approximate surface area is 132 Å². The number of carbonyl (C=O) groups is 1. The molecule has 0 aromatic carbocycles. The van der Waals surface area contributed by atoms with Crippen molar-refractivity contribution in [2.75, 3.05) is 0 Å². The van der Waals surface area contributed by atoms with Crippen molar-refractivity contribution in [1.29, 1.82) is 0 Å². The van der Waals surface area contributed by atoms with Crippen molar-refractivity contribution in [2.45, 2.75) is 51.7 Å². The Morgan fingerprint density at radius 3 is 2.17 bits per heavy atom. The van der Waals surface area contributed by atoms with Crippen LogP contribution in [0.2, 0.25) is 0 Å². The van der Waals surface area contributed by atoms with E-state index in [0.29, 0.717) is 11.8 Å². The zero-order valence-corrected chi connectivity index (χ0v) is 14.8. The van der Waals surface area contributed by atoms with Crippen molar-refractivity contribution < 1.29 is 4.79 Å². The van der Waals surface area contributed by atoms with Crippen molar-refractivity contribution in [3.05, 3.63) is 0 Å². The van der Waals surface area contributed by atoms with E-state index < -0.39 is 2.14 Å². The van der Waals surface area contributed by atoms with Gasteiger partial charge in [0.15, 0.2) is 0 Å². The van der Waals surface area contributed by atoms with Crippen molar-refractivity contribution in [1.82, 2.24) is 5.32 Å². The molecule has 0 heterocycles. The quantitative estimate of drug-likeness (QED) is 0.611. The van der Waals surface area contributed by atoms with Gasteiger partial charge in [0.05, 0.1) is 0 Å². The molecule has 0 aromatic heterocycles. The van der Waals surface area contributed by atoms with Gasteiger partial charge in [-0.25, -0.2) is 0 Å². The van der Waals surface area contributed by atoms with Crippen molar-refractivity contribution in [3.63, 3.8) is 0 Å². The normalized spacial score (nSPS) is 46.2. The lowest BCUT2D eigenvalue weighted by atomic mass is 9.50. The number of carbonyl (C=O) groups excluding carboxylic acids is 1. The molecule has 0 spiro atoms. The SMILES string of the molecule is NC12CC3CC(C1)CC(NC(=O)C(Br)(Br)Br)(C3)C2. The number of nitrogens with two attached hydrogens (primary N) is 1. The van der Waals surface area contributed by atoms with Crippen LogP contribution in [0.4, 0.5) is 0 Å². The predicted octanol–water partition coefficient (Wildman–Crippen LogP) is 2.99. The summed E-state index contributed by atoms with van der Waals surface area (Å²) in [6.07, 6.45) is 6.71. The Bertz CT molecular complexity index is 379. The average Bonchev–Trinajstić information content (AvgIpc) is 2.10. The minimum atomic E-state index is -0.863. The van der Waals surface area contributed by atoms with Gasteiger partial charge in [-0.05, 0) is 98.2 Å². The molecular weight excluding hydrogens is 428 g/mol. The lowest BCUT2D eigenvalue weighted by molar-refractivity contribution is -0.125. The molecule has 102 valence electrons. The summed E-state index contributed by atoms with van der Waals surface area (Å²) in [6, 6.07) is 0. The topological polar surface area (TPSA) is 55.1 Å². The maximum absolute atomic E-state index is 12.2. The fourth-order valence-corrected chi connectivity index (χ4v) is 5.09. The molecule has 4 aliphatic rings. The van der Waals surface area contributed by atoms with Gasteiger partial charge in [0.1, 0.15) is 0 Å². The molecule has 4 saturated carbocycles. The zero-order valence-electron chi connectivity index (χ0n) is 10.0. The van der Waals surface area contributed by atoms with Crippen LogP contribution in [0.15, 0.2) is 0 Å². The average molecular weight is 445 g/mol. The van der Waals surface area contributed by atoms with Crippen molar-refractivity contribution in [2.24, 2.45) is 17.6 Å². The first-order valence-corrected chi connectivity index (χ1v) is 8.76. The number of halogens is 3. The van der Waals surface area contributed by atoms with E-state index in [4.69, 9.17) is 5.73 Å². The van der Waals surface area contributed by atoms with Gasteiger partial charge < -0.3 is 11.1 Å². The van der Waals surface area contributed by atoms with Gasteiger partial charge in [-0.3, -0.25) is 4.79 Å². The van der Waals surface area contributed by atoms with E-state index in [2.05, 4.69) is 53.1 Å². The van der Waals surface area contributed by atoms with Gasteiger partial charge >= 0.3 is 0 Å². The predicted molar refractivity (Wildman–Crippen MR) is 82.0 cm³/mol. The highest BCUT2D eigenvalue weighted by molar-refractivity contribution is 9.40. The zero-order chi connectivity index (χ0) is 13.2. The van der Waals surface area contributed by atoms with Crippen LogP contribution in [0, 0.1) is 11.8 Å². The number of rotatable bonds is 1. The molecule has 4 rings (SSSR count). The third-order valence-corrected chi connectivity index (χ3v) is 5.82. The van der Waals surface area contributed by atoms with Crippen LogP contribution in [0.3, 0.4) is 0 Å². The summed E-state index contributed by atoms with van der Waals surface area (Å²) in [6.45, 7) is 0. The first-order chi connectivity index (χ1) is 8.20. The van der Waals surface area contributed by atoms with Gasteiger partial charge in [0, 0.05) is 11.1 Å². The molecule has 0 radical (unpaired) electrons. The van der Waals surface area contributed by atoms with Crippen molar-refractivity contribution >= 4 is 53.7 Å². The molecule has 6 heteroatoms. The Hall–Kier alpha value is 0.870. The first kappa shape index (κ1) is 13.8. The van der Waals surface area contributed by atoms with Gasteiger partial charge in [0.25, 0.3) is 5.91 Å². The number of alkyl halides is 3. The van der Waals surface area contributed by atoms with Gasteiger partial charge in [-0.1, -0.05) is 0 Å². The van der Waals surface area contributed by atoms with Gasteiger partial charge in [-0.2, -0.15) is 0 Å². The molecule has 3 N–H and O–H groups in total. The molecule has 18 heavy (non-hydrogen) atoms. The summed E-state index contributed by atoms with van der Waals surface area (Å²) >= 11 is 9.86. The van der Waals surface area contributed by atoms with E-state index in [1.807, 2.05) is 0 Å². The van der Waals surface area contributed by atoms with E-state index in [1.165, 1.54) is 6.42 Å². The fourth-order valence-electron chi connectivity index (χ4n) is 4.79. The van der Waals surface area contributed by atoms with E-state index in [9.17, 15) is 4.79 Å². The third kappa shape index (κ3) is 2.42. The molecule has 4 bridgehead atoms. The second-order valence-electron chi connectivity index (χ2n) is 6.56. The van der Waals surface area contributed by atoms with Crippen LogP contribution < -0.4 is 11.1 Å². The molecule has 1 amide bonds. The molecule has 2 atom stereocenters. The van der Waals surface area contributed by atoms with Crippen LogP contribution >= 0.6 is 47.8 Å². The molecule has 2 unspecified atom stereocenters. The number of hydrogen-bond acceptors (Lipinski definition) is 2. The van der Waals surface area contributed by atoms with Crippen LogP contribution in [-0.4, -0.2) is 19.1 Å². The Balaban J connectivity index is 1.81. The number of hydrogen-bond donors (Lipinski definition) is 2. The maximum Gasteiger partial charge on any atom is 0.259 e. The van der Waals surface area contributed by atoms with E-state index >= 15 is 0 Å². The second kappa shape index (κ2) is 4.18. The molecule has 3 nitrogen and oxygen atoms in total. The smallest absolute Gasteiger partial charge is 0.259 e. The molecule has 4 aliphatic carbocycles. The van der Waals surface area contributed by atoms with Crippen LogP contribution in [-0.2, 0) is 4.79 Å². The molecular formula is C12H17Br3N2O. The summed E-state index contributed by atoms with van der Waals surface area (Å²) in [7, 11) is 0. The molecule has 0 aromatic rings. The Kier molecular flexibility index (Phi) is 3.21. The highest BCUT2D eigenvalue weighted by Gasteiger charge is 2.57. The standard InChI is InChI=1S/C12H17Br3N2O/c13-12(14,15)9(18)17-11-4-7-1-8(5-11)3-10(16,2-7)6-11/h7-8H,1-6,16H2,(H,17,18). The molecule has 0 aliphatic heterocycles. The van der Waals surface area contributed by atoms with E-state index in [0.717, 1.165) is 32.1 Å². The van der Waals surface area contributed by atoms with E-state index in [-0.39, 0.29) is 17.0 Å². The van der Waals surface area contributed by atoms with Gasteiger partial charge in [-0.15, -0.1) is 0 Å². The third-order valence-electron chi connectivity index (χ3n) is 4.74. The second-order valence-corrected chi connectivity index (χ2v) is 13.3. The van der Waals surface area contributed by atoms with E-state index in [1.54, 1.807) is 0 Å². The summed E-state index contributed by atoms with van der Waals surface area (Å²) in [5, 5.41) is 3.23. The van der Waals surface area contributed by atoms with Crippen LogP contribution in [0.25, 0.3) is 0 Å². The summed E-state index contributed by atoms with van der Waals surface area (Å²) in [4.78, 5) is 12.2. The molecule has 4 fully saturated rings. The highest BCUT2D eigenvalue weighted by Crippen LogP contribution is 2.56. The Morgan fingerprint density at radius 2 is 1.72 bits per heavy atom. The minimum absolute atomic E-state index is 0.0367. The maximum atomic E-state index is 12.2. The monoisotopic (exact) mass is 442 g/mol. The lowest BCUT2D eigenvalue weighted by Gasteiger charge is -2.61. The van der Waals surface area contributed by atoms with Gasteiger partial charge in [0.2, 0.25) is 2.14 Å². The summed E-state index contributed by atoms with van der Waals surface area (Å²) in [5.41, 5.74) is 6.39. The Morgan fingerprint density at radius 1 is 1.17 bits per heavy atom. The molecule has 0 saturated heterocycles.